The van der Waals surface area contributed by atoms with Gasteiger partial charge in [-0.2, -0.15) is 0 Å². The average Bonchev–Trinajstić information content (AvgIpc) is 2.43. The largest absolute Gasteiger partial charge is 0.381 e. The van der Waals surface area contributed by atoms with E-state index in [9.17, 15) is 0 Å². The summed E-state index contributed by atoms with van der Waals surface area (Å²) in [6.07, 6.45) is 1.98. The van der Waals surface area contributed by atoms with Gasteiger partial charge in [0.2, 0.25) is 0 Å². The Kier molecular flexibility index (Phi) is 2.91. The maximum Gasteiger partial charge on any atom is 0.0909 e. The molecule has 0 aliphatic carbocycles. The second-order valence-electron chi connectivity index (χ2n) is 4.29. The van der Waals surface area contributed by atoms with Gasteiger partial charge in [0.05, 0.1) is 24.6 Å². The number of ether oxygens (including phenoxy) is 1. The smallest absolute Gasteiger partial charge is 0.0909 e. The fourth-order valence-electron chi connectivity index (χ4n) is 2.01. The molecule has 2 rings (SSSR count). The fraction of sp³-hybridized carbons (Fsp3) is 0.583. The van der Waals surface area contributed by atoms with Gasteiger partial charge < -0.3 is 10.1 Å². The molecular formula is C12H18N2O. The minimum Gasteiger partial charge on any atom is -0.381 e. The van der Waals surface area contributed by atoms with E-state index in [2.05, 4.69) is 31.1 Å². The normalized spacial score (nSPS) is 15.7. The van der Waals surface area contributed by atoms with E-state index in [0.29, 0.717) is 12.5 Å². The molecule has 1 aromatic rings. The Labute approximate surface area is 90.9 Å². The first-order valence-electron chi connectivity index (χ1n) is 5.50. The summed E-state index contributed by atoms with van der Waals surface area (Å²) in [6.45, 7) is 8.81. The van der Waals surface area contributed by atoms with Crippen LogP contribution in [0.2, 0.25) is 0 Å². The molecule has 0 unspecified atom stereocenters. The van der Waals surface area contributed by atoms with Crippen molar-refractivity contribution in [3.8, 4) is 0 Å². The van der Waals surface area contributed by atoms with Gasteiger partial charge in [0.15, 0.2) is 0 Å². The van der Waals surface area contributed by atoms with Crippen molar-refractivity contribution < 1.29 is 4.74 Å². The number of rotatable bonds is 1. The quantitative estimate of drug-likeness (QED) is 0.766. The second-order valence-corrected chi connectivity index (χ2v) is 4.29. The number of fused-ring (bicyclic) bond motifs is 1. The van der Waals surface area contributed by atoms with Gasteiger partial charge in [-0.3, -0.25) is 4.98 Å². The third-order valence-corrected chi connectivity index (χ3v) is 2.87. The molecule has 0 spiro atoms. The molecule has 0 radical (unpaired) electrons. The third-order valence-electron chi connectivity index (χ3n) is 2.87. The van der Waals surface area contributed by atoms with Crippen LogP contribution in [0.15, 0.2) is 6.20 Å². The van der Waals surface area contributed by atoms with Crippen LogP contribution < -0.4 is 5.32 Å². The molecule has 0 aromatic carbocycles. The summed E-state index contributed by atoms with van der Waals surface area (Å²) in [4.78, 5) is 4.47. The van der Waals surface area contributed by atoms with Crippen molar-refractivity contribution in [1.29, 1.82) is 0 Å². The highest BCUT2D eigenvalue weighted by atomic mass is 16.5. The Morgan fingerprint density at radius 1 is 1.47 bits per heavy atom. The van der Waals surface area contributed by atoms with Crippen LogP contribution in [-0.4, -0.2) is 18.1 Å². The molecule has 1 N–H and O–H groups in total. The standard InChI is InChI=1S/C12H18N2O/c1-8(2)10-6-14-11-7-15-5-4-13-12(11)9(10)3/h6,8,13H,4-5,7H2,1-3H3. The van der Waals surface area contributed by atoms with Gasteiger partial charge in [-0.15, -0.1) is 0 Å². The lowest BCUT2D eigenvalue weighted by Gasteiger charge is -2.15. The van der Waals surface area contributed by atoms with Crippen LogP contribution in [0, 0.1) is 6.92 Å². The van der Waals surface area contributed by atoms with E-state index in [1.54, 1.807) is 0 Å². The lowest BCUT2D eigenvalue weighted by Crippen LogP contribution is -2.08. The lowest BCUT2D eigenvalue weighted by molar-refractivity contribution is 0.132. The second kappa shape index (κ2) is 4.19. The van der Waals surface area contributed by atoms with E-state index in [0.717, 1.165) is 18.8 Å². The minimum absolute atomic E-state index is 0.522. The van der Waals surface area contributed by atoms with E-state index in [1.807, 2.05) is 6.20 Å². The van der Waals surface area contributed by atoms with Crippen molar-refractivity contribution in [2.45, 2.75) is 33.3 Å². The Morgan fingerprint density at radius 3 is 3.00 bits per heavy atom. The van der Waals surface area contributed by atoms with Crippen molar-refractivity contribution in [1.82, 2.24) is 4.98 Å². The molecule has 1 aromatic heterocycles. The molecule has 3 nitrogen and oxygen atoms in total. The number of hydrogen-bond donors (Lipinski definition) is 1. The monoisotopic (exact) mass is 206 g/mol. The molecule has 2 heterocycles. The molecule has 0 amide bonds. The summed E-state index contributed by atoms with van der Waals surface area (Å²) in [5, 5.41) is 3.40. The lowest BCUT2D eigenvalue weighted by atomic mass is 9.98. The maximum absolute atomic E-state index is 5.45. The zero-order valence-corrected chi connectivity index (χ0v) is 9.63. The zero-order valence-electron chi connectivity index (χ0n) is 9.63. The Bertz CT molecular complexity index is 361. The number of pyridine rings is 1. The van der Waals surface area contributed by atoms with E-state index in [1.165, 1.54) is 16.8 Å². The summed E-state index contributed by atoms with van der Waals surface area (Å²) >= 11 is 0. The first kappa shape index (κ1) is 10.4. The van der Waals surface area contributed by atoms with E-state index in [4.69, 9.17) is 4.74 Å². The van der Waals surface area contributed by atoms with Crippen LogP contribution in [0.1, 0.15) is 36.6 Å². The van der Waals surface area contributed by atoms with Crippen molar-refractivity contribution in [2.75, 3.05) is 18.5 Å². The van der Waals surface area contributed by atoms with Crippen LogP contribution >= 0.6 is 0 Å². The fourth-order valence-corrected chi connectivity index (χ4v) is 2.01. The summed E-state index contributed by atoms with van der Waals surface area (Å²) in [5.41, 5.74) is 4.86. The van der Waals surface area contributed by atoms with Crippen LogP contribution in [0.3, 0.4) is 0 Å². The van der Waals surface area contributed by atoms with Gasteiger partial charge in [-0.1, -0.05) is 13.8 Å². The average molecular weight is 206 g/mol. The highest BCUT2D eigenvalue weighted by Gasteiger charge is 2.15. The molecule has 0 saturated heterocycles. The molecule has 3 heteroatoms. The molecule has 82 valence electrons. The predicted octanol–water partition coefficient (Wildman–Crippen LogP) is 2.46. The van der Waals surface area contributed by atoms with Crippen LogP contribution in [0.4, 0.5) is 5.69 Å². The summed E-state index contributed by atoms with van der Waals surface area (Å²) < 4.78 is 5.45. The van der Waals surface area contributed by atoms with Crippen molar-refractivity contribution in [2.24, 2.45) is 0 Å². The van der Waals surface area contributed by atoms with Crippen molar-refractivity contribution in [3.63, 3.8) is 0 Å². The number of nitrogens with one attached hydrogen (secondary N) is 1. The molecule has 15 heavy (non-hydrogen) atoms. The first-order chi connectivity index (χ1) is 7.20. The van der Waals surface area contributed by atoms with Gasteiger partial charge >= 0.3 is 0 Å². The van der Waals surface area contributed by atoms with Crippen LogP contribution in [-0.2, 0) is 11.3 Å². The maximum atomic E-state index is 5.45. The van der Waals surface area contributed by atoms with Gasteiger partial charge in [0.25, 0.3) is 0 Å². The summed E-state index contributed by atoms with van der Waals surface area (Å²) in [5.74, 6) is 0.522. The first-order valence-corrected chi connectivity index (χ1v) is 5.50. The number of nitrogens with zero attached hydrogens (tertiary/aromatic N) is 1. The molecule has 0 atom stereocenters. The van der Waals surface area contributed by atoms with Crippen molar-refractivity contribution >= 4 is 5.69 Å². The minimum atomic E-state index is 0.522. The number of hydrogen-bond acceptors (Lipinski definition) is 3. The van der Waals surface area contributed by atoms with E-state index in [-0.39, 0.29) is 0 Å². The molecule has 0 saturated carbocycles. The SMILES string of the molecule is Cc1c(C(C)C)cnc2c1NCCOC2. The highest BCUT2D eigenvalue weighted by molar-refractivity contribution is 5.57. The summed E-state index contributed by atoms with van der Waals surface area (Å²) in [6, 6.07) is 0. The van der Waals surface area contributed by atoms with Gasteiger partial charge in [-0.05, 0) is 24.0 Å². The Morgan fingerprint density at radius 2 is 2.27 bits per heavy atom. The zero-order chi connectivity index (χ0) is 10.8. The third kappa shape index (κ3) is 1.97. The molecular weight excluding hydrogens is 188 g/mol. The molecule has 1 aliphatic heterocycles. The Balaban J connectivity index is 2.46. The Hall–Kier alpha value is -1.09. The topological polar surface area (TPSA) is 34.2 Å². The van der Waals surface area contributed by atoms with Crippen LogP contribution in [0.5, 0.6) is 0 Å². The molecule has 0 bridgehead atoms. The predicted molar refractivity (Wildman–Crippen MR) is 61.2 cm³/mol. The van der Waals surface area contributed by atoms with Gasteiger partial charge in [0.1, 0.15) is 0 Å². The van der Waals surface area contributed by atoms with E-state index >= 15 is 0 Å². The highest BCUT2D eigenvalue weighted by Crippen LogP contribution is 2.28. The molecule has 1 aliphatic rings. The van der Waals surface area contributed by atoms with Gasteiger partial charge in [0, 0.05) is 12.7 Å². The van der Waals surface area contributed by atoms with Crippen LogP contribution in [0.25, 0.3) is 0 Å². The van der Waals surface area contributed by atoms with E-state index < -0.39 is 0 Å². The molecule has 0 fully saturated rings. The summed E-state index contributed by atoms with van der Waals surface area (Å²) in [7, 11) is 0. The number of aromatic nitrogens is 1. The van der Waals surface area contributed by atoms with Crippen molar-refractivity contribution in [3.05, 3.63) is 23.0 Å². The number of anilines is 1. The van der Waals surface area contributed by atoms with Gasteiger partial charge in [-0.25, -0.2) is 0 Å².